The lowest BCUT2D eigenvalue weighted by Gasteiger charge is -2.36. The number of carbonyl (C=O) groups excluding carboxylic acids is 1. The van der Waals surface area contributed by atoms with Crippen LogP contribution in [-0.4, -0.2) is 47.0 Å². The van der Waals surface area contributed by atoms with E-state index in [2.05, 4.69) is 14.9 Å². The average Bonchev–Trinajstić information content (AvgIpc) is 3.09. The highest BCUT2D eigenvalue weighted by Gasteiger charge is 2.28. The van der Waals surface area contributed by atoms with Gasteiger partial charge in [0.2, 0.25) is 5.91 Å². The van der Waals surface area contributed by atoms with Crippen LogP contribution in [0.15, 0.2) is 24.5 Å². The summed E-state index contributed by atoms with van der Waals surface area (Å²) in [6.45, 7) is 2.90. The third-order valence-corrected chi connectivity index (χ3v) is 5.38. The van der Waals surface area contributed by atoms with Gasteiger partial charge in [0.1, 0.15) is 12.1 Å². The Labute approximate surface area is 146 Å². The van der Waals surface area contributed by atoms with E-state index in [-0.39, 0.29) is 5.91 Å². The summed E-state index contributed by atoms with van der Waals surface area (Å²) in [5.74, 6) is 1.72. The number of amides is 1. The van der Waals surface area contributed by atoms with E-state index in [9.17, 15) is 4.79 Å². The van der Waals surface area contributed by atoms with Crippen molar-refractivity contribution >= 4 is 34.2 Å². The van der Waals surface area contributed by atoms with Gasteiger partial charge in [-0.3, -0.25) is 4.79 Å². The van der Waals surface area contributed by atoms with E-state index in [4.69, 9.17) is 11.6 Å². The number of anilines is 1. The molecule has 1 saturated carbocycles. The number of carbonyl (C=O) groups is 1. The van der Waals surface area contributed by atoms with Crippen molar-refractivity contribution in [2.24, 2.45) is 5.92 Å². The molecule has 2 fully saturated rings. The molecule has 1 saturated heterocycles. The zero-order valence-electron chi connectivity index (χ0n) is 13.6. The molecule has 0 spiro atoms. The van der Waals surface area contributed by atoms with Crippen molar-refractivity contribution in [1.29, 1.82) is 0 Å². The van der Waals surface area contributed by atoms with Crippen LogP contribution in [0.5, 0.6) is 0 Å². The Bertz CT molecular complexity index is 760. The fourth-order valence-electron chi connectivity index (χ4n) is 3.85. The minimum Gasteiger partial charge on any atom is -0.345 e. The molecule has 5 nitrogen and oxygen atoms in total. The number of benzene rings is 1. The second-order valence-corrected chi connectivity index (χ2v) is 7.21. The smallest absolute Gasteiger partial charge is 0.242 e. The number of nitrogens with zero attached hydrogens (tertiary/aromatic N) is 4. The maximum atomic E-state index is 12.6. The first-order chi connectivity index (χ1) is 11.7. The van der Waals surface area contributed by atoms with Gasteiger partial charge in [-0.2, -0.15) is 0 Å². The molecule has 1 aliphatic heterocycles. The van der Waals surface area contributed by atoms with Gasteiger partial charge >= 0.3 is 0 Å². The number of aromatic nitrogens is 2. The molecule has 126 valence electrons. The SMILES string of the molecule is O=C1CN(c2ncnc3cc(Cl)ccc23)CCN1CC1CCCC1. The number of rotatable bonds is 3. The number of halogens is 1. The van der Waals surface area contributed by atoms with Crippen LogP contribution in [0.25, 0.3) is 10.9 Å². The maximum Gasteiger partial charge on any atom is 0.242 e. The van der Waals surface area contributed by atoms with Crippen molar-refractivity contribution in [3.8, 4) is 0 Å². The summed E-state index contributed by atoms with van der Waals surface area (Å²) in [5.41, 5.74) is 0.813. The van der Waals surface area contributed by atoms with Gasteiger partial charge in [0.25, 0.3) is 0 Å². The van der Waals surface area contributed by atoms with Crippen molar-refractivity contribution in [3.63, 3.8) is 0 Å². The minimum absolute atomic E-state index is 0.203. The Kier molecular flexibility index (Phi) is 4.27. The van der Waals surface area contributed by atoms with Gasteiger partial charge in [-0.05, 0) is 37.0 Å². The van der Waals surface area contributed by atoms with Crippen LogP contribution in [0.3, 0.4) is 0 Å². The zero-order chi connectivity index (χ0) is 16.5. The molecule has 2 heterocycles. The first-order valence-corrected chi connectivity index (χ1v) is 9.01. The summed E-state index contributed by atoms with van der Waals surface area (Å²) >= 11 is 6.05. The minimum atomic E-state index is 0.203. The molecule has 2 aromatic rings. The standard InChI is InChI=1S/C18H21ClN4O/c19-14-5-6-15-16(9-14)20-12-21-18(15)23-8-7-22(17(24)11-23)10-13-3-1-2-4-13/h5-6,9,12-13H,1-4,7-8,10-11H2. The van der Waals surface area contributed by atoms with Gasteiger partial charge in [0.15, 0.2) is 0 Å². The summed E-state index contributed by atoms with van der Waals surface area (Å²) in [4.78, 5) is 25.4. The Hall–Kier alpha value is -1.88. The zero-order valence-corrected chi connectivity index (χ0v) is 14.4. The number of fused-ring (bicyclic) bond motifs is 1. The van der Waals surface area contributed by atoms with Gasteiger partial charge in [-0.15, -0.1) is 0 Å². The molecule has 0 bridgehead atoms. The lowest BCUT2D eigenvalue weighted by molar-refractivity contribution is -0.131. The number of piperazine rings is 1. The average molecular weight is 345 g/mol. The van der Waals surface area contributed by atoms with E-state index in [0.717, 1.165) is 36.4 Å². The predicted octanol–water partition coefficient (Wildman–Crippen LogP) is 3.12. The monoisotopic (exact) mass is 344 g/mol. The highest BCUT2D eigenvalue weighted by Crippen LogP contribution is 2.28. The van der Waals surface area contributed by atoms with Crippen molar-refractivity contribution < 1.29 is 4.79 Å². The van der Waals surface area contributed by atoms with Crippen LogP contribution in [0, 0.1) is 5.92 Å². The Morgan fingerprint density at radius 2 is 2.00 bits per heavy atom. The Morgan fingerprint density at radius 1 is 1.17 bits per heavy atom. The third kappa shape index (κ3) is 3.05. The molecule has 0 atom stereocenters. The topological polar surface area (TPSA) is 49.3 Å². The molecule has 6 heteroatoms. The van der Waals surface area contributed by atoms with E-state index < -0.39 is 0 Å². The number of hydrogen-bond acceptors (Lipinski definition) is 4. The molecular formula is C18H21ClN4O. The van der Waals surface area contributed by atoms with Crippen LogP contribution in [-0.2, 0) is 4.79 Å². The molecule has 0 unspecified atom stereocenters. The maximum absolute atomic E-state index is 12.6. The molecular weight excluding hydrogens is 324 g/mol. The normalized spacial score (nSPS) is 19.5. The van der Waals surface area contributed by atoms with Crippen molar-refractivity contribution in [3.05, 3.63) is 29.5 Å². The molecule has 4 rings (SSSR count). The fraction of sp³-hybridized carbons (Fsp3) is 0.500. The molecule has 1 aromatic heterocycles. The lowest BCUT2D eigenvalue weighted by Crippen LogP contribution is -2.51. The summed E-state index contributed by atoms with van der Waals surface area (Å²) in [7, 11) is 0. The lowest BCUT2D eigenvalue weighted by atomic mass is 10.1. The van der Waals surface area contributed by atoms with Crippen molar-refractivity contribution in [1.82, 2.24) is 14.9 Å². The number of hydrogen-bond donors (Lipinski definition) is 0. The first-order valence-electron chi connectivity index (χ1n) is 8.64. The van der Waals surface area contributed by atoms with Crippen LogP contribution in [0.1, 0.15) is 25.7 Å². The fourth-order valence-corrected chi connectivity index (χ4v) is 4.02. The van der Waals surface area contributed by atoms with E-state index in [0.29, 0.717) is 17.5 Å². The second kappa shape index (κ2) is 6.55. The summed E-state index contributed by atoms with van der Waals surface area (Å²) < 4.78 is 0. The highest BCUT2D eigenvalue weighted by atomic mass is 35.5. The molecule has 2 aliphatic rings. The van der Waals surface area contributed by atoms with E-state index in [1.807, 2.05) is 23.1 Å². The Morgan fingerprint density at radius 3 is 2.79 bits per heavy atom. The largest absolute Gasteiger partial charge is 0.345 e. The molecule has 0 N–H and O–H groups in total. The second-order valence-electron chi connectivity index (χ2n) is 6.77. The van der Waals surface area contributed by atoms with Crippen LogP contribution >= 0.6 is 11.6 Å². The molecule has 1 aromatic carbocycles. The summed E-state index contributed by atoms with van der Waals surface area (Å²) in [6, 6.07) is 5.61. The van der Waals surface area contributed by atoms with Gasteiger partial charge in [-0.25, -0.2) is 9.97 Å². The molecule has 1 aliphatic carbocycles. The summed E-state index contributed by atoms with van der Waals surface area (Å²) in [6.07, 6.45) is 6.71. The van der Waals surface area contributed by atoms with Gasteiger partial charge < -0.3 is 9.80 Å². The Balaban J connectivity index is 1.51. The van der Waals surface area contributed by atoms with E-state index in [1.54, 1.807) is 6.33 Å². The first kappa shape index (κ1) is 15.6. The van der Waals surface area contributed by atoms with Gasteiger partial charge in [0, 0.05) is 30.0 Å². The van der Waals surface area contributed by atoms with Gasteiger partial charge in [0.05, 0.1) is 12.1 Å². The molecule has 1 amide bonds. The highest BCUT2D eigenvalue weighted by molar-refractivity contribution is 6.31. The van der Waals surface area contributed by atoms with Crippen molar-refractivity contribution in [2.45, 2.75) is 25.7 Å². The molecule has 24 heavy (non-hydrogen) atoms. The van der Waals surface area contributed by atoms with Crippen LogP contribution in [0.4, 0.5) is 5.82 Å². The van der Waals surface area contributed by atoms with E-state index >= 15 is 0 Å². The van der Waals surface area contributed by atoms with E-state index in [1.165, 1.54) is 25.7 Å². The van der Waals surface area contributed by atoms with Crippen LogP contribution in [0.2, 0.25) is 5.02 Å². The quantitative estimate of drug-likeness (QED) is 0.858. The third-order valence-electron chi connectivity index (χ3n) is 5.15. The van der Waals surface area contributed by atoms with Crippen LogP contribution < -0.4 is 4.90 Å². The predicted molar refractivity (Wildman–Crippen MR) is 95.3 cm³/mol. The molecule has 0 radical (unpaired) electrons. The van der Waals surface area contributed by atoms with Crippen molar-refractivity contribution in [2.75, 3.05) is 31.1 Å². The van der Waals surface area contributed by atoms with Gasteiger partial charge in [-0.1, -0.05) is 24.4 Å². The summed E-state index contributed by atoms with van der Waals surface area (Å²) in [5, 5.41) is 1.60.